The minimum atomic E-state index is -0.125. The standard InChI is InChI=1S/C19H20N2O3/c22-18(16-7-3-5-14-4-1-2-6-15(14)16)21-11-9-20(10-12-21)17-8-13-24-19(17)23/h1-7,17H,8-13H2. The molecule has 5 heteroatoms. The lowest BCUT2D eigenvalue weighted by atomic mass is 10.0. The molecule has 2 aliphatic heterocycles. The number of fused-ring (bicyclic) bond motifs is 1. The fraction of sp³-hybridized carbons (Fsp3) is 0.368. The number of rotatable bonds is 2. The number of benzene rings is 2. The fourth-order valence-electron chi connectivity index (χ4n) is 3.64. The van der Waals surface area contributed by atoms with Gasteiger partial charge in [-0.05, 0) is 16.8 Å². The highest BCUT2D eigenvalue weighted by Gasteiger charge is 2.35. The van der Waals surface area contributed by atoms with E-state index in [-0.39, 0.29) is 17.9 Å². The molecule has 0 spiro atoms. The maximum Gasteiger partial charge on any atom is 0.323 e. The second kappa shape index (κ2) is 6.24. The van der Waals surface area contributed by atoms with Crippen LogP contribution in [0.1, 0.15) is 16.8 Å². The Hall–Kier alpha value is -2.40. The summed E-state index contributed by atoms with van der Waals surface area (Å²) >= 11 is 0. The monoisotopic (exact) mass is 324 g/mol. The van der Waals surface area contributed by atoms with Crippen LogP contribution in [-0.2, 0) is 9.53 Å². The predicted molar refractivity (Wildman–Crippen MR) is 90.8 cm³/mol. The first-order valence-electron chi connectivity index (χ1n) is 8.42. The van der Waals surface area contributed by atoms with Crippen LogP contribution in [0, 0.1) is 0 Å². The van der Waals surface area contributed by atoms with Crippen LogP contribution < -0.4 is 0 Å². The number of ether oxygens (including phenoxy) is 1. The van der Waals surface area contributed by atoms with Crippen LogP contribution in [0.2, 0.25) is 0 Å². The number of cyclic esters (lactones) is 1. The van der Waals surface area contributed by atoms with Crippen molar-refractivity contribution < 1.29 is 14.3 Å². The third kappa shape index (κ3) is 2.65. The Bertz CT molecular complexity index is 776. The van der Waals surface area contributed by atoms with Crippen molar-refractivity contribution in [3.8, 4) is 0 Å². The fourth-order valence-corrected chi connectivity index (χ4v) is 3.64. The Morgan fingerprint density at radius 3 is 2.50 bits per heavy atom. The molecule has 1 atom stereocenters. The van der Waals surface area contributed by atoms with E-state index in [1.807, 2.05) is 47.4 Å². The summed E-state index contributed by atoms with van der Waals surface area (Å²) in [6.07, 6.45) is 0.760. The van der Waals surface area contributed by atoms with E-state index in [9.17, 15) is 9.59 Å². The van der Waals surface area contributed by atoms with Gasteiger partial charge in [0.05, 0.1) is 6.61 Å². The lowest BCUT2D eigenvalue weighted by Gasteiger charge is -2.36. The average Bonchev–Trinajstić information content (AvgIpc) is 3.07. The maximum atomic E-state index is 12.9. The zero-order valence-electron chi connectivity index (χ0n) is 13.5. The summed E-state index contributed by atoms with van der Waals surface area (Å²) in [5, 5.41) is 2.07. The zero-order valence-corrected chi connectivity index (χ0v) is 13.5. The van der Waals surface area contributed by atoms with Crippen molar-refractivity contribution in [1.82, 2.24) is 9.80 Å². The van der Waals surface area contributed by atoms with Gasteiger partial charge in [-0.25, -0.2) is 0 Å². The summed E-state index contributed by atoms with van der Waals surface area (Å²) in [6, 6.07) is 13.7. The third-order valence-corrected chi connectivity index (χ3v) is 4.97. The molecule has 2 heterocycles. The number of hydrogen-bond donors (Lipinski definition) is 0. The SMILES string of the molecule is O=C1OCCC1N1CCN(C(=O)c2cccc3ccccc23)CC1. The van der Waals surface area contributed by atoms with Gasteiger partial charge in [-0.2, -0.15) is 0 Å². The van der Waals surface area contributed by atoms with E-state index < -0.39 is 0 Å². The first-order valence-corrected chi connectivity index (χ1v) is 8.42. The number of amides is 1. The summed E-state index contributed by atoms with van der Waals surface area (Å²) in [6.45, 7) is 3.24. The van der Waals surface area contributed by atoms with Crippen molar-refractivity contribution in [2.75, 3.05) is 32.8 Å². The van der Waals surface area contributed by atoms with E-state index >= 15 is 0 Å². The molecule has 0 aliphatic carbocycles. The van der Waals surface area contributed by atoms with E-state index in [4.69, 9.17) is 4.74 Å². The molecule has 0 radical (unpaired) electrons. The topological polar surface area (TPSA) is 49.9 Å². The molecule has 0 saturated carbocycles. The molecule has 2 aliphatic rings. The molecule has 1 amide bonds. The molecular formula is C19H20N2O3. The van der Waals surface area contributed by atoms with Crippen molar-refractivity contribution in [2.24, 2.45) is 0 Å². The van der Waals surface area contributed by atoms with E-state index in [1.165, 1.54) is 0 Å². The van der Waals surface area contributed by atoms with E-state index in [0.717, 1.165) is 35.8 Å². The molecule has 2 aromatic carbocycles. The molecule has 4 rings (SSSR count). The van der Waals surface area contributed by atoms with Gasteiger partial charge in [0.1, 0.15) is 6.04 Å². The van der Waals surface area contributed by atoms with Gasteiger partial charge in [0.15, 0.2) is 0 Å². The van der Waals surface area contributed by atoms with Crippen molar-refractivity contribution in [2.45, 2.75) is 12.5 Å². The van der Waals surface area contributed by atoms with Gasteiger partial charge < -0.3 is 9.64 Å². The van der Waals surface area contributed by atoms with Crippen LogP contribution >= 0.6 is 0 Å². The van der Waals surface area contributed by atoms with Crippen LogP contribution in [0.3, 0.4) is 0 Å². The molecule has 0 aromatic heterocycles. The summed E-state index contributed by atoms with van der Waals surface area (Å²) in [5.41, 5.74) is 0.752. The van der Waals surface area contributed by atoms with Crippen LogP contribution in [-0.4, -0.2) is 60.5 Å². The molecule has 2 aromatic rings. The third-order valence-electron chi connectivity index (χ3n) is 4.97. The lowest BCUT2D eigenvalue weighted by molar-refractivity contribution is -0.142. The number of piperazine rings is 1. The summed E-state index contributed by atoms with van der Waals surface area (Å²) in [4.78, 5) is 28.7. The zero-order chi connectivity index (χ0) is 16.5. The van der Waals surface area contributed by atoms with Crippen molar-refractivity contribution >= 4 is 22.6 Å². The van der Waals surface area contributed by atoms with Gasteiger partial charge in [-0.1, -0.05) is 36.4 Å². The van der Waals surface area contributed by atoms with E-state index in [1.54, 1.807) is 0 Å². The number of esters is 1. The Balaban J connectivity index is 1.49. The predicted octanol–water partition coefficient (Wildman–Crippen LogP) is 1.91. The number of carbonyl (C=O) groups excluding carboxylic acids is 2. The first kappa shape index (κ1) is 15.1. The molecule has 2 fully saturated rings. The molecule has 1 unspecified atom stereocenters. The smallest absolute Gasteiger partial charge is 0.323 e. The molecule has 0 bridgehead atoms. The minimum absolute atomic E-state index is 0.0699. The minimum Gasteiger partial charge on any atom is -0.464 e. The number of carbonyl (C=O) groups is 2. The van der Waals surface area contributed by atoms with Crippen LogP contribution in [0.25, 0.3) is 10.8 Å². The second-order valence-corrected chi connectivity index (χ2v) is 6.33. The highest BCUT2D eigenvalue weighted by Crippen LogP contribution is 2.22. The number of hydrogen-bond acceptors (Lipinski definition) is 4. The van der Waals surface area contributed by atoms with Gasteiger partial charge in [0, 0.05) is 38.2 Å². The van der Waals surface area contributed by atoms with Crippen molar-refractivity contribution in [1.29, 1.82) is 0 Å². The molecule has 2 saturated heterocycles. The maximum absolute atomic E-state index is 12.9. The van der Waals surface area contributed by atoms with Crippen LogP contribution in [0.5, 0.6) is 0 Å². The average molecular weight is 324 g/mol. The van der Waals surface area contributed by atoms with Crippen molar-refractivity contribution in [3.63, 3.8) is 0 Å². The quantitative estimate of drug-likeness (QED) is 0.792. The normalized spacial score (nSPS) is 21.9. The highest BCUT2D eigenvalue weighted by atomic mass is 16.5. The first-order chi connectivity index (χ1) is 11.7. The van der Waals surface area contributed by atoms with E-state index in [2.05, 4.69) is 4.90 Å². The summed E-state index contributed by atoms with van der Waals surface area (Å²) in [7, 11) is 0. The van der Waals surface area contributed by atoms with Gasteiger partial charge in [0.2, 0.25) is 0 Å². The largest absolute Gasteiger partial charge is 0.464 e. The number of nitrogens with zero attached hydrogens (tertiary/aromatic N) is 2. The molecule has 124 valence electrons. The molecule has 24 heavy (non-hydrogen) atoms. The van der Waals surface area contributed by atoms with Gasteiger partial charge >= 0.3 is 5.97 Å². The Morgan fingerprint density at radius 2 is 1.75 bits per heavy atom. The van der Waals surface area contributed by atoms with Crippen LogP contribution in [0.4, 0.5) is 0 Å². The van der Waals surface area contributed by atoms with Crippen LogP contribution in [0.15, 0.2) is 42.5 Å². The lowest BCUT2D eigenvalue weighted by Crippen LogP contribution is -2.53. The van der Waals surface area contributed by atoms with Gasteiger partial charge in [-0.15, -0.1) is 0 Å². The Kier molecular flexibility index (Phi) is 3.94. The Labute approximate surface area is 140 Å². The van der Waals surface area contributed by atoms with Crippen molar-refractivity contribution in [3.05, 3.63) is 48.0 Å². The molecule has 5 nitrogen and oxygen atoms in total. The summed E-state index contributed by atoms with van der Waals surface area (Å²) < 4.78 is 5.05. The van der Waals surface area contributed by atoms with E-state index in [0.29, 0.717) is 19.7 Å². The summed E-state index contributed by atoms with van der Waals surface area (Å²) in [5.74, 6) is -0.0516. The van der Waals surface area contributed by atoms with Gasteiger partial charge in [-0.3, -0.25) is 14.5 Å². The Morgan fingerprint density at radius 1 is 1.00 bits per heavy atom. The second-order valence-electron chi connectivity index (χ2n) is 6.33. The molecule has 0 N–H and O–H groups in total. The van der Waals surface area contributed by atoms with Gasteiger partial charge in [0.25, 0.3) is 5.91 Å². The molecular weight excluding hydrogens is 304 g/mol. The highest BCUT2D eigenvalue weighted by molar-refractivity contribution is 6.07.